The summed E-state index contributed by atoms with van der Waals surface area (Å²) < 4.78 is 5.82. The fourth-order valence-electron chi connectivity index (χ4n) is 3.47. The number of pyridine rings is 1. The van der Waals surface area contributed by atoms with Crippen molar-refractivity contribution in [3.05, 3.63) is 47.2 Å². The lowest BCUT2D eigenvalue weighted by Gasteiger charge is -2.30. The molecule has 0 radical (unpaired) electrons. The third kappa shape index (κ3) is 3.60. The number of amides is 1. The van der Waals surface area contributed by atoms with Crippen LogP contribution in [0.2, 0.25) is 0 Å². The highest BCUT2D eigenvalue weighted by Gasteiger charge is 2.28. The number of nitrogens with zero attached hydrogens (tertiary/aromatic N) is 5. The summed E-state index contributed by atoms with van der Waals surface area (Å²) in [6, 6.07) is 5.58. The van der Waals surface area contributed by atoms with Crippen molar-refractivity contribution in [1.82, 2.24) is 30.3 Å². The fourth-order valence-corrected chi connectivity index (χ4v) is 3.47. The zero-order valence-corrected chi connectivity index (χ0v) is 15.5. The molecule has 1 aliphatic heterocycles. The van der Waals surface area contributed by atoms with Crippen LogP contribution in [-0.2, 0) is 11.2 Å². The highest BCUT2D eigenvalue weighted by Crippen LogP contribution is 2.29. The second-order valence-corrected chi connectivity index (χ2v) is 6.90. The summed E-state index contributed by atoms with van der Waals surface area (Å²) in [7, 11) is 0. The molecule has 1 aliphatic rings. The van der Waals surface area contributed by atoms with Crippen molar-refractivity contribution in [2.24, 2.45) is 0 Å². The lowest BCUT2D eigenvalue weighted by molar-refractivity contribution is -0.131. The first-order valence-electron chi connectivity index (χ1n) is 9.15. The van der Waals surface area contributed by atoms with Gasteiger partial charge in [0.15, 0.2) is 0 Å². The predicted octanol–water partition coefficient (Wildman–Crippen LogP) is 2.42. The molecule has 3 aromatic heterocycles. The molecule has 8 nitrogen and oxygen atoms in total. The number of aryl methyl sites for hydroxylation is 2. The van der Waals surface area contributed by atoms with E-state index in [0.29, 0.717) is 37.0 Å². The standard InChI is InChI=1S/C19H22N6O2/c1-12-15(13(2)22-21-12)11-17(26)25-9-6-14(7-10-25)18-23-24-19(27-18)16-5-3-4-8-20-16/h3-5,8,14H,6-7,9-11H2,1-2H3,(H,21,22). The van der Waals surface area contributed by atoms with Crippen LogP contribution in [0.3, 0.4) is 0 Å². The highest BCUT2D eigenvalue weighted by molar-refractivity contribution is 5.79. The minimum atomic E-state index is 0.140. The highest BCUT2D eigenvalue weighted by atomic mass is 16.4. The van der Waals surface area contributed by atoms with E-state index in [1.165, 1.54) is 0 Å². The van der Waals surface area contributed by atoms with Crippen molar-refractivity contribution >= 4 is 5.91 Å². The zero-order chi connectivity index (χ0) is 18.8. The number of hydrogen-bond donors (Lipinski definition) is 1. The van der Waals surface area contributed by atoms with E-state index < -0.39 is 0 Å². The molecule has 1 saturated heterocycles. The van der Waals surface area contributed by atoms with Crippen LogP contribution in [0.25, 0.3) is 11.6 Å². The van der Waals surface area contributed by atoms with Gasteiger partial charge in [-0.15, -0.1) is 10.2 Å². The lowest BCUT2D eigenvalue weighted by Crippen LogP contribution is -2.39. The number of carbonyl (C=O) groups excluding carboxylic acids is 1. The van der Waals surface area contributed by atoms with Crippen LogP contribution in [0.1, 0.15) is 41.6 Å². The van der Waals surface area contributed by atoms with Crippen LogP contribution < -0.4 is 0 Å². The molecular formula is C19H22N6O2. The Hall–Kier alpha value is -3.03. The van der Waals surface area contributed by atoms with Gasteiger partial charge in [-0.25, -0.2) is 0 Å². The Labute approximate surface area is 157 Å². The second kappa shape index (κ2) is 7.30. The van der Waals surface area contributed by atoms with Gasteiger partial charge in [0.25, 0.3) is 5.89 Å². The molecule has 140 valence electrons. The van der Waals surface area contributed by atoms with Gasteiger partial charge in [-0.05, 0) is 38.8 Å². The molecule has 4 rings (SSSR count). The molecule has 0 spiro atoms. The van der Waals surface area contributed by atoms with Crippen molar-refractivity contribution < 1.29 is 9.21 Å². The van der Waals surface area contributed by atoms with Gasteiger partial charge in [0.2, 0.25) is 11.8 Å². The Morgan fingerprint density at radius 3 is 2.74 bits per heavy atom. The summed E-state index contributed by atoms with van der Waals surface area (Å²) in [5.74, 6) is 1.39. The van der Waals surface area contributed by atoms with Gasteiger partial charge in [0.1, 0.15) is 5.69 Å². The number of nitrogens with one attached hydrogen (secondary N) is 1. The molecule has 0 atom stereocenters. The van der Waals surface area contributed by atoms with Gasteiger partial charge in [0, 0.05) is 36.5 Å². The Balaban J connectivity index is 1.36. The normalized spacial score (nSPS) is 15.3. The smallest absolute Gasteiger partial charge is 0.266 e. The van der Waals surface area contributed by atoms with E-state index >= 15 is 0 Å². The number of rotatable bonds is 4. The molecule has 0 aliphatic carbocycles. The van der Waals surface area contributed by atoms with Crippen LogP contribution in [-0.4, -0.2) is 49.3 Å². The molecule has 0 aromatic carbocycles. The first kappa shape index (κ1) is 17.4. The van der Waals surface area contributed by atoms with Crippen molar-refractivity contribution in [2.75, 3.05) is 13.1 Å². The predicted molar refractivity (Wildman–Crippen MR) is 97.8 cm³/mol. The third-order valence-electron chi connectivity index (χ3n) is 5.13. The van der Waals surface area contributed by atoms with Gasteiger partial charge >= 0.3 is 0 Å². The van der Waals surface area contributed by atoms with Crippen LogP contribution in [0.5, 0.6) is 0 Å². The maximum absolute atomic E-state index is 12.6. The SMILES string of the molecule is Cc1n[nH]c(C)c1CC(=O)N1CCC(c2nnc(-c3ccccn3)o2)CC1. The summed E-state index contributed by atoms with van der Waals surface area (Å²) in [5, 5.41) is 15.4. The molecule has 1 N–H and O–H groups in total. The monoisotopic (exact) mass is 366 g/mol. The van der Waals surface area contributed by atoms with E-state index in [1.807, 2.05) is 36.9 Å². The van der Waals surface area contributed by atoms with Crippen molar-refractivity contribution in [1.29, 1.82) is 0 Å². The Morgan fingerprint density at radius 2 is 2.07 bits per heavy atom. The van der Waals surface area contributed by atoms with E-state index in [1.54, 1.807) is 6.20 Å². The third-order valence-corrected chi connectivity index (χ3v) is 5.13. The number of aromatic amines is 1. The molecular weight excluding hydrogens is 344 g/mol. The number of likely N-dealkylation sites (tertiary alicyclic amines) is 1. The van der Waals surface area contributed by atoms with Crippen molar-refractivity contribution in [3.8, 4) is 11.6 Å². The minimum Gasteiger partial charge on any atom is -0.419 e. The van der Waals surface area contributed by atoms with Crippen molar-refractivity contribution in [3.63, 3.8) is 0 Å². The van der Waals surface area contributed by atoms with Gasteiger partial charge in [-0.3, -0.25) is 14.9 Å². The van der Waals surface area contributed by atoms with Gasteiger partial charge in [-0.1, -0.05) is 6.07 Å². The van der Waals surface area contributed by atoms with Gasteiger partial charge in [-0.2, -0.15) is 5.10 Å². The largest absolute Gasteiger partial charge is 0.419 e. The minimum absolute atomic E-state index is 0.140. The molecule has 27 heavy (non-hydrogen) atoms. The average Bonchev–Trinajstić information content (AvgIpc) is 3.31. The number of H-pyrrole nitrogens is 1. The fraction of sp³-hybridized carbons (Fsp3) is 0.421. The molecule has 4 heterocycles. The Bertz CT molecular complexity index is 905. The maximum Gasteiger partial charge on any atom is 0.266 e. The molecule has 8 heteroatoms. The summed E-state index contributed by atoms with van der Waals surface area (Å²) in [6.07, 6.45) is 3.73. The summed E-state index contributed by atoms with van der Waals surface area (Å²) in [5.41, 5.74) is 3.53. The van der Waals surface area contributed by atoms with Crippen molar-refractivity contribution in [2.45, 2.75) is 39.0 Å². The quantitative estimate of drug-likeness (QED) is 0.761. The van der Waals surface area contributed by atoms with Crippen LogP contribution >= 0.6 is 0 Å². The van der Waals surface area contributed by atoms with Gasteiger partial charge in [0.05, 0.1) is 12.1 Å². The average molecular weight is 366 g/mol. The van der Waals surface area contributed by atoms with Gasteiger partial charge < -0.3 is 9.32 Å². The Morgan fingerprint density at radius 1 is 1.26 bits per heavy atom. The lowest BCUT2D eigenvalue weighted by atomic mass is 9.96. The number of hydrogen-bond acceptors (Lipinski definition) is 6. The molecule has 0 bridgehead atoms. The summed E-state index contributed by atoms with van der Waals surface area (Å²) in [6.45, 7) is 5.26. The van der Waals surface area contributed by atoms with E-state index in [0.717, 1.165) is 29.8 Å². The molecule has 0 unspecified atom stereocenters. The molecule has 0 saturated carbocycles. The number of carbonyl (C=O) groups is 1. The topological polar surface area (TPSA) is 101 Å². The second-order valence-electron chi connectivity index (χ2n) is 6.90. The van der Waals surface area contributed by atoms with E-state index in [2.05, 4.69) is 25.4 Å². The molecule has 3 aromatic rings. The zero-order valence-electron chi connectivity index (χ0n) is 15.5. The van der Waals surface area contributed by atoms with Crippen LogP contribution in [0, 0.1) is 13.8 Å². The maximum atomic E-state index is 12.6. The molecule has 1 fully saturated rings. The molecule has 1 amide bonds. The van der Waals surface area contributed by atoms with E-state index in [9.17, 15) is 4.79 Å². The summed E-state index contributed by atoms with van der Waals surface area (Å²) in [4.78, 5) is 18.8. The first-order chi connectivity index (χ1) is 13.1. The number of aromatic nitrogens is 5. The van der Waals surface area contributed by atoms with E-state index in [-0.39, 0.29) is 11.8 Å². The first-order valence-corrected chi connectivity index (χ1v) is 9.15. The van der Waals surface area contributed by atoms with Crippen LogP contribution in [0.4, 0.5) is 0 Å². The number of piperidine rings is 1. The van der Waals surface area contributed by atoms with E-state index in [4.69, 9.17) is 4.42 Å². The summed E-state index contributed by atoms with van der Waals surface area (Å²) >= 11 is 0. The van der Waals surface area contributed by atoms with Crippen LogP contribution in [0.15, 0.2) is 28.8 Å². The Kier molecular flexibility index (Phi) is 4.70.